The first kappa shape index (κ1) is 19.7. The summed E-state index contributed by atoms with van der Waals surface area (Å²) in [5, 5.41) is 18.5. The molecule has 0 unspecified atom stereocenters. The van der Waals surface area contributed by atoms with Crippen LogP contribution in [0.15, 0.2) is 30.3 Å². The number of ether oxygens (including phenoxy) is 1. The van der Waals surface area contributed by atoms with Gasteiger partial charge in [-0.1, -0.05) is 18.7 Å². The van der Waals surface area contributed by atoms with E-state index in [4.69, 9.17) is 10.1 Å². The highest BCUT2D eigenvalue weighted by molar-refractivity contribution is 5.75. The average Bonchev–Trinajstić information content (AvgIpc) is 2.78. The Kier molecular flexibility index (Phi) is 5.31. The van der Waals surface area contributed by atoms with Crippen molar-refractivity contribution in [2.45, 2.75) is 18.8 Å². The van der Waals surface area contributed by atoms with Crippen molar-refractivity contribution in [2.75, 3.05) is 25.1 Å². The number of aliphatic hydroxyl groups is 1. The predicted molar refractivity (Wildman–Crippen MR) is 99.7 cm³/mol. The molecule has 2 heterocycles. The van der Waals surface area contributed by atoms with Crippen molar-refractivity contribution in [2.24, 2.45) is 0 Å². The number of hydrogen-bond acceptors (Lipinski definition) is 5. The van der Waals surface area contributed by atoms with Gasteiger partial charge in [0.25, 0.3) is 11.9 Å². The van der Waals surface area contributed by atoms with Crippen LogP contribution in [0.1, 0.15) is 12.8 Å². The maximum Gasteiger partial charge on any atom is 0.288 e. The van der Waals surface area contributed by atoms with E-state index in [1.54, 1.807) is 11.0 Å². The summed E-state index contributed by atoms with van der Waals surface area (Å²) >= 11 is 0. The third kappa shape index (κ3) is 3.95. The molecule has 1 fully saturated rings. The van der Waals surface area contributed by atoms with Crippen LogP contribution in [0, 0.1) is 11.2 Å². The zero-order valence-corrected chi connectivity index (χ0v) is 15.3. The van der Waals surface area contributed by atoms with E-state index >= 15 is 0 Å². The van der Waals surface area contributed by atoms with Crippen LogP contribution in [-0.2, 0) is 4.74 Å². The van der Waals surface area contributed by atoms with E-state index < -0.39 is 17.7 Å². The number of hydrogen-bond donors (Lipinski definition) is 2. The van der Waals surface area contributed by atoms with Crippen molar-refractivity contribution in [1.29, 1.82) is 5.41 Å². The lowest BCUT2D eigenvalue weighted by Crippen LogP contribution is -2.42. The second kappa shape index (κ2) is 7.53. The topological polar surface area (TPSA) is 69.4 Å². The number of methoxy groups -OCH3 is 1. The molecule has 0 radical (unpaired) electrons. The van der Waals surface area contributed by atoms with Gasteiger partial charge >= 0.3 is 0 Å². The van der Waals surface area contributed by atoms with Gasteiger partial charge in [-0.25, -0.2) is 18.2 Å². The van der Waals surface area contributed by atoms with Gasteiger partial charge in [-0.15, -0.1) is 0 Å². The Morgan fingerprint density at radius 2 is 1.86 bits per heavy atom. The SMILES string of the molecule is C=c1cc(-c2ccc(F)cc2)c(N2CCC(F)(F)CC2)nc(=N)/c1=C(/O)OC. The number of aromatic nitrogens is 1. The van der Waals surface area contributed by atoms with E-state index in [2.05, 4.69) is 11.6 Å². The third-order valence-corrected chi connectivity index (χ3v) is 4.69. The van der Waals surface area contributed by atoms with Gasteiger partial charge in [-0.2, -0.15) is 0 Å². The fourth-order valence-electron chi connectivity index (χ4n) is 3.15. The van der Waals surface area contributed by atoms with Crippen molar-refractivity contribution >= 4 is 18.3 Å². The predicted octanol–water partition coefficient (Wildman–Crippen LogP) is 2.28. The van der Waals surface area contributed by atoms with E-state index in [1.807, 2.05) is 0 Å². The van der Waals surface area contributed by atoms with Crippen molar-refractivity contribution in [3.63, 3.8) is 0 Å². The fraction of sp³-hybridized carbons (Fsp3) is 0.300. The lowest BCUT2D eigenvalue weighted by Gasteiger charge is -2.33. The monoisotopic (exact) mass is 391 g/mol. The summed E-state index contributed by atoms with van der Waals surface area (Å²) < 4.78 is 45.4. The molecule has 1 aromatic heterocycles. The zero-order chi connectivity index (χ0) is 20.5. The van der Waals surface area contributed by atoms with Gasteiger partial charge in [0.05, 0.1) is 7.11 Å². The molecule has 0 amide bonds. The molecule has 0 bridgehead atoms. The number of aliphatic hydroxyl groups excluding tert-OH is 1. The molecule has 5 nitrogen and oxygen atoms in total. The number of nitrogens with one attached hydrogen (secondary N) is 1. The van der Waals surface area contributed by atoms with E-state index in [1.165, 1.54) is 31.4 Å². The number of benzene rings is 1. The number of rotatable bonds is 3. The first-order valence-corrected chi connectivity index (χ1v) is 8.67. The van der Waals surface area contributed by atoms with Crippen molar-refractivity contribution < 1.29 is 23.0 Å². The quantitative estimate of drug-likeness (QED) is 0.843. The Balaban J connectivity index is 2.28. The van der Waals surface area contributed by atoms with Crippen LogP contribution in [0.3, 0.4) is 0 Å². The lowest BCUT2D eigenvalue weighted by molar-refractivity contribution is -0.0221. The first-order valence-electron chi connectivity index (χ1n) is 8.67. The van der Waals surface area contributed by atoms with Gasteiger partial charge in [0.1, 0.15) is 16.9 Å². The molecule has 148 valence electrons. The lowest BCUT2D eigenvalue weighted by atomic mass is 10.0. The van der Waals surface area contributed by atoms with Crippen LogP contribution in [0.4, 0.5) is 19.0 Å². The third-order valence-electron chi connectivity index (χ3n) is 4.69. The Labute approximate surface area is 159 Å². The smallest absolute Gasteiger partial charge is 0.288 e. The van der Waals surface area contributed by atoms with Gasteiger partial charge < -0.3 is 14.7 Å². The Morgan fingerprint density at radius 3 is 2.43 bits per heavy atom. The molecule has 1 aliphatic heterocycles. The minimum absolute atomic E-state index is 0.000508. The van der Waals surface area contributed by atoms with Gasteiger partial charge in [-0.3, -0.25) is 5.41 Å². The summed E-state index contributed by atoms with van der Waals surface area (Å²) in [7, 11) is 1.25. The van der Waals surface area contributed by atoms with Gasteiger partial charge in [-0.05, 0) is 29.0 Å². The molecule has 2 N–H and O–H groups in total. The van der Waals surface area contributed by atoms with E-state index in [-0.39, 0.29) is 41.9 Å². The summed E-state index contributed by atoms with van der Waals surface area (Å²) in [5.41, 5.74) is 0.786. The van der Waals surface area contributed by atoms with Crippen molar-refractivity contribution in [1.82, 2.24) is 4.98 Å². The molecule has 1 aromatic carbocycles. The maximum atomic E-state index is 13.6. The molecular formula is C20H20F3N3O2. The van der Waals surface area contributed by atoms with E-state index in [0.29, 0.717) is 16.9 Å². The fourth-order valence-corrected chi connectivity index (χ4v) is 3.15. The highest BCUT2D eigenvalue weighted by Crippen LogP contribution is 2.33. The molecule has 0 atom stereocenters. The van der Waals surface area contributed by atoms with Crippen LogP contribution in [-0.4, -0.2) is 36.2 Å². The van der Waals surface area contributed by atoms with E-state index in [0.717, 1.165) is 0 Å². The number of nitrogens with zero attached hydrogens (tertiary/aromatic N) is 2. The highest BCUT2D eigenvalue weighted by atomic mass is 19.3. The molecule has 2 aromatic rings. The number of anilines is 1. The molecule has 3 rings (SSSR count). The molecule has 1 aliphatic rings. The minimum Gasteiger partial charge on any atom is -0.480 e. The number of piperidine rings is 1. The van der Waals surface area contributed by atoms with Crippen LogP contribution < -0.4 is 20.8 Å². The molecule has 0 spiro atoms. The molecule has 8 heteroatoms. The second-order valence-corrected chi connectivity index (χ2v) is 6.60. The van der Waals surface area contributed by atoms with Crippen LogP contribution in [0.2, 0.25) is 0 Å². The van der Waals surface area contributed by atoms with Gasteiger partial charge in [0, 0.05) is 31.5 Å². The normalized spacial score (nSPS) is 17.2. The molecule has 0 saturated carbocycles. The van der Waals surface area contributed by atoms with Crippen molar-refractivity contribution in [3.8, 4) is 11.1 Å². The summed E-state index contributed by atoms with van der Waals surface area (Å²) in [6.07, 6.45) is -0.661. The molecule has 28 heavy (non-hydrogen) atoms. The maximum absolute atomic E-state index is 13.6. The molecule has 1 saturated heterocycles. The Bertz CT molecular complexity index is 1050. The Hall–Kier alpha value is -3.03. The number of alkyl halides is 2. The van der Waals surface area contributed by atoms with Crippen LogP contribution in [0.5, 0.6) is 0 Å². The van der Waals surface area contributed by atoms with Crippen LogP contribution in [0.25, 0.3) is 23.7 Å². The van der Waals surface area contributed by atoms with Gasteiger partial charge in [0.2, 0.25) is 0 Å². The van der Waals surface area contributed by atoms with Crippen molar-refractivity contribution in [3.05, 3.63) is 52.1 Å². The summed E-state index contributed by atoms with van der Waals surface area (Å²) in [4.78, 5) is 5.96. The standard InChI is InChI=1S/C20H20F3N3O2/c1-12-11-15(13-3-5-14(21)6-4-13)18(25-17(24)16(12)19(27)28-2)26-9-7-20(22,23)8-10-26/h3-6,11,24,27H,1,7-10H2,2H3/b19-16-,24-17?. The first-order chi connectivity index (χ1) is 13.2. The second-order valence-electron chi connectivity index (χ2n) is 6.60. The molecular weight excluding hydrogens is 371 g/mol. The largest absolute Gasteiger partial charge is 0.480 e. The highest BCUT2D eigenvalue weighted by Gasteiger charge is 2.35. The summed E-state index contributed by atoms with van der Waals surface area (Å²) in [6.45, 7) is 3.98. The van der Waals surface area contributed by atoms with Crippen LogP contribution >= 0.6 is 0 Å². The van der Waals surface area contributed by atoms with Gasteiger partial charge in [0.15, 0.2) is 5.49 Å². The van der Waals surface area contributed by atoms with E-state index in [9.17, 15) is 18.3 Å². The number of halogens is 3. The average molecular weight is 391 g/mol. The summed E-state index contributed by atoms with van der Waals surface area (Å²) in [6, 6.07) is 7.22. The minimum atomic E-state index is -2.74. The molecule has 0 aliphatic carbocycles. The zero-order valence-electron chi connectivity index (χ0n) is 15.3. The summed E-state index contributed by atoms with van der Waals surface area (Å²) in [5.74, 6) is -3.37. The Morgan fingerprint density at radius 1 is 1.25 bits per heavy atom.